The molecule has 0 N–H and O–H groups in total. The Kier molecular flexibility index (Phi) is 4.31. The second kappa shape index (κ2) is 6.91. The summed E-state index contributed by atoms with van der Waals surface area (Å²) in [5.41, 5.74) is 4.20. The van der Waals surface area contributed by atoms with E-state index in [1.807, 2.05) is 78.9 Å². The Hall–Kier alpha value is -2.92. The number of hydrogen-bond acceptors (Lipinski definition) is 4. The monoisotopic (exact) mass is 388 g/mol. The summed E-state index contributed by atoms with van der Waals surface area (Å²) in [6.07, 6.45) is 0. The maximum absolute atomic E-state index is 4.77. The first-order valence-corrected chi connectivity index (χ1v) is 8.59. The fraction of sp³-hybridized carbons (Fsp3) is 0. The Morgan fingerprint density at radius 3 is 1.84 bits per heavy atom. The molecule has 2 aromatic carbocycles. The smallest absolute Gasteiger partial charge is 0.201 e. The molecule has 0 unspecified atom stereocenters. The number of aromatic nitrogens is 4. The molecule has 2 aromatic heterocycles. The predicted molar refractivity (Wildman–Crippen MR) is 102 cm³/mol. The molecule has 0 aliphatic carbocycles. The molecule has 120 valence electrons. The fourth-order valence-corrected chi connectivity index (χ4v) is 2.90. The van der Waals surface area contributed by atoms with Crippen LogP contribution in [0.3, 0.4) is 0 Å². The average Bonchev–Trinajstić information content (AvgIpc) is 2.69. The number of benzene rings is 2. The van der Waals surface area contributed by atoms with Crippen molar-refractivity contribution in [3.05, 3.63) is 83.5 Å². The zero-order valence-electron chi connectivity index (χ0n) is 13.2. The van der Waals surface area contributed by atoms with Gasteiger partial charge in [-0.25, -0.2) is 9.97 Å². The molecule has 0 fully saturated rings. The van der Waals surface area contributed by atoms with Crippen LogP contribution in [0.5, 0.6) is 0 Å². The molecule has 0 bridgehead atoms. The van der Waals surface area contributed by atoms with Crippen LogP contribution >= 0.6 is 15.9 Å². The lowest BCUT2D eigenvalue weighted by Crippen LogP contribution is -2.01. The van der Waals surface area contributed by atoms with Gasteiger partial charge in [-0.05, 0) is 28.1 Å². The molecule has 0 atom stereocenters. The third-order valence-corrected chi connectivity index (χ3v) is 4.17. The highest BCUT2D eigenvalue weighted by atomic mass is 79.9. The van der Waals surface area contributed by atoms with Crippen LogP contribution in [-0.4, -0.2) is 20.2 Å². The van der Waals surface area contributed by atoms with Crippen molar-refractivity contribution >= 4 is 15.9 Å². The summed E-state index contributed by atoms with van der Waals surface area (Å²) in [6.45, 7) is 0. The number of halogens is 1. The van der Waals surface area contributed by atoms with Crippen LogP contribution in [0.4, 0.5) is 0 Å². The first-order chi connectivity index (χ1) is 12.3. The number of rotatable bonds is 3. The molecular formula is C20H13BrN4. The van der Waals surface area contributed by atoms with Gasteiger partial charge in [0.15, 0.2) is 0 Å². The lowest BCUT2D eigenvalue weighted by Gasteiger charge is -2.09. The minimum absolute atomic E-state index is 0.500. The van der Waals surface area contributed by atoms with Crippen molar-refractivity contribution in [3.63, 3.8) is 0 Å². The molecule has 0 saturated heterocycles. The molecule has 0 aliphatic heterocycles. The third-order valence-electron chi connectivity index (χ3n) is 3.73. The topological polar surface area (TPSA) is 51.6 Å². The van der Waals surface area contributed by atoms with E-state index in [1.54, 1.807) is 0 Å². The number of pyridine rings is 1. The van der Waals surface area contributed by atoms with Gasteiger partial charge in [-0.3, -0.25) is 0 Å². The van der Waals surface area contributed by atoms with Crippen molar-refractivity contribution in [2.45, 2.75) is 0 Å². The van der Waals surface area contributed by atoms with Crippen molar-refractivity contribution in [1.82, 2.24) is 20.2 Å². The van der Waals surface area contributed by atoms with Crippen LogP contribution in [0.2, 0.25) is 0 Å². The zero-order valence-corrected chi connectivity index (χ0v) is 14.8. The summed E-state index contributed by atoms with van der Waals surface area (Å²) >= 11 is 3.39. The number of hydrogen-bond donors (Lipinski definition) is 0. The summed E-state index contributed by atoms with van der Waals surface area (Å²) in [5, 5.41) is 8.77. The van der Waals surface area contributed by atoms with Crippen LogP contribution in [0, 0.1) is 0 Å². The summed E-state index contributed by atoms with van der Waals surface area (Å²) < 4.78 is 0.738. The lowest BCUT2D eigenvalue weighted by atomic mass is 10.0. The normalized spacial score (nSPS) is 10.6. The third kappa shape index (κ3) is 3.32. The molecule has 2 heterocycles. The molecule has 0 amide bonds. The van der Waals surface area contributed by atoms with E-state index < -0.39 is 0 Å². The van der Waals surface area contributed by atoms with Gasteiger partial charge in [-0.1, -0.05) is 66.7 Å². The summed E-state index contributed by atoms with van der Waals surface area (Å²) in [4.78, 5) is 9.21. The van der Waals surface area contributed by atoms with Gasteiger partial charge in [0, 0.05) is 11.1 Å². The molecule has 0 saturated carbocycles. The molecule has 4 aromatic rings. The van der Waals surface area contributed by atoms with Crippen molar-refractivity contribution < 1.29 is 0 Å². The first-order valence-electron chi connectivity index (χ1n) is 7.80. The van der Waals surface area contributed by atoms with E-state index in [2.05, 4.69) is 31.1 Å². The molecule has 25 heavy (non-hydrogen) atoms. The van der Waals surface area contributed by atoms with Gasteiger partial charge in [0.25, 0.3) is 0 Å². The number of nitrogens with zero attached hydrogens (tertiary/aromatic N) is 4. The van der Waals surface area contributed by atoms with Gasteiger partial charge in [-0.2, -0.15) is 0 Å². The predicted octanol–water partition coefficient (Wildman–Crippen LogP) is 5.03. The highest BCUT2D eigenvalue weighted by Crippen LogP contribution is 2.29. The van der Waals surface area contributed by atoms with Crippen molar-refractivity contribution in [2.75, 3.05) is 0 Å². The lowest BCUT2D eigenvalue weighted by molar-refractivity contribution is 0.980. The highest BCUT2D eigenvalue weighted by molar-refractivity contribution is 9.10. The Bertz CT molecular complexity index is 1000. The van der Waals surface area contributed by atoms with E-state index >= 15 is 0 Å². The van der Waals surface area contributed by atoms with E-state index in [1.165, 1.54) is 0 Å². The van der Waals surface area contributed by atoms with Gasteiger partial charge in [0.1, 0.15) is 21.7 Å². The van der Waals surface area contributed by atoms with Crippen LogP contribution < -0.4 is 0 Å². The summed E-state index contributed by atoms with van der Waals surface area (Å²) in [7, 11) is 0. The molecular weight excluding hydrogens is 376 g/mol. The van der Waals surface area contributed by atoms with E-state index in [-0.39, 0.29) is 0 Å². The Balaban J connectivity index is 1.92. The van der Waals surface area contributed by atoms with Crippen molar-refractivity contribution in [2.24, 2.45) is 0 Å². The van der Waals surface area contributed by atoms with Gasteiger partial charge < -0.3 is 0 Å². The van der Waals surface area contributed by atoms with Crippen LogP contribution in [0.15, 0.2) is 83.5 Å². The van der Waals surface area contributed by atoms with E-state index in [0.29, 0.717) is 11.5 Å². The average molecular weight is 389 g/mol. The summed E-state index contributed by atoms with van der Waals surface area (Å²) in [6, 6.07) is 25.6. The van der Waals surface area contributed by atoms with Gasteiger partial charge in [0.05, 0.1) is 0 Å². The maximum atomic E-state index is 4.77. The molecule has 0 radical (unpaired) electrons. The van der Waals surface area contributed by atoms with Crippen LogP contribution in [0.25, 0.3) is 34.0 Å². The van der Waals surface area contributed by atoms with Gasteiger partial charge in [-0.15, -0.1) is 10.2 Å². The fourth-order valence-electron chi connectivity index (χ4n) is 2.56. The van der Waals surface area contributed by atoms with Gasteiger partial charge in [0.2, 0.25) is 5.82 Å². The minimum atomic E-state index is 0.500. The van der Waals surface area contributed by atoms with Crippen molar-refractivity contribution in [3.8, 4) is 34.0 Å². The van der Waals surface area contributed by atoms with Crippen LogP contribution in [0.1, 0.15) is 0 Å². The largest absolute Gasteiger partial charge is 0.237 e. The molecule has 5 heteroatoms. The van der Waals surface area contributed by atoms with E-state index in [9.17, 15) is 0 Å². The molecule has 0 spiro atoms. The van der Waals surface area contributed by atoms with E-state index in [0.717, 1.165) is 27.1 Å². The van der Waals surface area contributed by atoms with Crippen molar-refractivity contribution in [1.29, 1.82) is 0 Å². The minimum Gasteiger partial charge on any atom is -0.237 e. The quantitative estimate of drug-likeness (QED) is 0.461. The second-order valence-corrected chi connectivity index (χ2v) is 6.22. The SMILES string of the molecule is Brc1cccc(-c2nnc(-c3ccccc3)c(-c3ccccc3)n2)n1. The van der Waals surface area contributed by atoms with Gasteiger partial charge >= 0.3 is 0 Å². The maximum Gasteiger partial charge on any atom is 0.201 e. The second-order valence-electron chi connectivity index (χ2n) is 5.41. The summed E-state index contributed by atoms with van der Waals surface area (Å²) in [5.74, 6) is 0.500. The molecule has 4 rings (SSSR count). The highest BCUT2D eigenvalue weighted by Gasteiger charge is 2.14. The Morgan fingerprint density at radius 1 is 0.560 bits per heavy atom. The molecule has 4 nitrogen and oxygen atoms in total. The Labute approximate surface area is 153 Å². The van der Waals surface area contributed by atoms with Crippen LogP contribution in [-0.2, 0) is 0 Å². The molecule has 0 aliphatic rings. The standard InChI is InChI=1S/C20H13BrN4/c21-17-13-7-12-16(22-17)20-23-18(14-8-3-1-4-9-14)19(24-25-20)15-10-5-2-6-11-15/h1-13H. The van der Waals surface area contributed by atoms with E-state index in [4.69, 9.17) is 4.98 Å². The Morgan fingerprint density at radius 2 is 1.20 bits per heavy atom. The first kappa shape index (κ1) is 15.6. The zero-order chi connectivity index (χ0) is 17.1.